The molecule has 0 unspecified atom stereocenters. The minimum absolute atomic E-state index is 0.0463. The van der Waals surface area contributed by atoms with Crippen molar-refractivity contribution in [3.8, 4) is 28.6 Å². The van der Waals surface area contributed by atoms with Gasteiger partial charge in [0.05, 0.1) is 24.7 Å². The van der Waals surface area contributed by atoms with Crippen LogP contribution in [0.25, 0.3) is 11.1 Å². The first-order valence-corrected chi connectivity index (χ1v) is 13.9. The molecular weight excluding hydrogens is 560 g/mol. The molecule has 0 saturated heterocycles. The molecule has 0 spiro atoms. The molecular formula is C31H30N2O8S. The Balaban J connectivity index is 1.51. The molecule has 0 radical (unpaired) electrons. The van der Waals surface area contributed by atoms with Crippen molar-refractivity contribution in [2.24, 2.45) is 0 Å². The van der Waals surface area contributed by atoms with E-state index in [4.69, 9.17) is 23.4 Å². The third-order valence-corrected chi connectivity index (χ3v) is 7.83. The van der Waals surface area contributed by atoms with E-state index in [0.717, 1.165) is 10.6 Å². The predicted octanol–water partition coefficient (Wildman–Crippen LogP) is 6.74. The molecule has 5 rings (SSSR count). The van der Waals surface area contributed by atoms with Crippen LogP contribution in [0.3, 0.4) is 0 Å². The smallest absolute Gasteiger partial charge is 0.496 e. The fourth-order valence-electron chi connectivity index (χ4n) is 4.80. The topological polar surface area (TPSA) is 117 Å². The number of thiophene rings is 1. The Labute approximate surface area is 246 Å². The number of nitrogens with zero attached hydrogens (tertiary/aromatic N) is 1. The van der Waals surface area contributed by atoms with Crippen LogP contribution in [-0.4, -0.2) is 37.7 Å². The summed E-state index contributed by atoms with van der Waals surface area (Å²) in [6, 6.07) is 13.8. The summed E-state index contributed by atoms with van der Waals surface area (Å²) >= 11 is 1.35. The van der Waals surface area contributed by atoms with Crippen LogP contribution in [0.1, 0.15) is 39.5 Å². The first kappa shape index (κ1) is 28.7. The van der Waals surface area contributed by atoms with Crippen LogP contribution >= 0.6 is 11.3 Å². The molecule has 0 fully saturated rings. The van der Waals surface area contributed by atoms with Gasteiger partial charge in [0.25, 0.3) is 11.9 Å². The number of rotatable bonds is 7. The second-order valence-electron chi connectivity index (χ2n) is 10.3. The van der Waals surface area contributed by atoms with Crippen LogP contribution in [0.5, 0.6) is 17.4 Å². The Bertz CT molecular complexity index is 1690. The van der Waals surface area contributed by atoms with E-state index in [-0.39, 0.29) is 24.2 Å². The number of methoxy groups -OCH3 is 1. The number of furan rings is 1. The molecule has 42 heavy (non-hydrogen) atoms. The average Bonchev–Trinajstić information content (AvgIpc) is 3.57. The van der Waals surface area contributed by atoms with E-state index < -0.39 is 17.7 Å². The van der Waals surface area contributed by atoms with Crippen molar-refractivity contribution >= 4 is 40.7 Å². The standard InChI is InChI=1S/C31H30N2O8S/c1-17-13-14-38-28(17)41-30(36)40-19-8-9-21(24(15-19)37-6)20-10-11-23-26(33(5)29(35)31(3,4)32-23)22(20)16-39-27(34)25-12-7-18(2)42-25/h7-15,32H,16H2,1-6H3. The molecule has 4 aromatic rings. The molecule has 11 heteroatoms. The third kappa shape index (κ3) is 5.55. The van der Waals surface area contributed by atoms with E-state index >= 15 is 0 Å². The van der Waals surface area contributed by atoms with E-state index in [1.807, 2.05) is 39.0 Å². The van der Waals surface area contributed by atoms with Gasteiger partial charge in [-0.3, -0.25) is 4.79 Å². The quantitative estimate of drug-likeness (QED) is 0.185. The predicted molar refractivity (Wildman–Crippen MR) is 158 cm³/mol. The number of carbonyl (C=O) groups excluding carboxylic acids is 3. The fourth-order valence-corrected chi connectivity index (χ4v) is 5.56. The van der Waals surface area contributed by atoms with Crippen molar-refractivity contribution in [3.63, 3.8) is 0 Å². The lowest BCUT2D eigenvalue weighted by Gasteiger charge is -2.39. The van der Waals surface area contributed by atoms with Crippen LogP contribution in [0.15, 0.2) is 59.2 Å². The molecule has 0 aliphatic carbocycles. The van der Waals surface area contributed by atoms with Crippen LogP contribution in [0, 0.1) is 13.8 Å². The van der Waals surface area contributed by atoms with Gasteiger partial charge in [-0.2, -0.15) is 0 Å². The molecule has 3 heterocycles. The highest BCUT2D eigenvalue weighted by atomic mass is 32.1. The van der Waals surface area contributed by atoms with E-state index in [1.54, 1.807) is 49.2 Å². The number of hydrogen-bond acceptors (Lipinski definition) is 10. The number of amides is 1. The van der Waals surface area contributed by atoms with Crippen molar-refractivity contribution in [2.45, 2.75) is 39.8 Å². The Hall–Kier alpha value is -4.77. The molecule has 0 atom stereocenters. The molecule has 0 saturated carbocycles. The highest BCUT2D eigenvalue weighted by molar-refractivity contribution is 7.13. The van der Waals surface area contributed by atoms with Crippen LogP contribution in [0.2, 0.25) is 0 Å². The molecule has 2 aromatic heterocycles. The SMILES string of the molecule is COc1cc(OC(=O)Oc2occc2C)ccc1-c1ccc2c(c1COC(=O)c1ccc(C)s1)N(C)C(=O)C(C)(C)N2. The first-order chi connectivity index (χ1) is 20.0. The van der Waals surface area contributed by atoms with Gasteiger partial charge in [0, 0.05) is 34.7 Å². The highest BCUT2D eigenvalue weighted by Crippen LogP contribution is 2.45. The minimum atomic E-state index is -0.970. The number of carbonyl (C=O) groups is 3. The Morgan fingerprint density at radius 1 is 1.02 bits per heavy atom. The van der Waals surface area contributed by atoms with Gasteiger partial charge in [-0.05, 0) is 69.7 Å². The molecule has 218 valence electrons. The summed E-state index contributed by atoms with van der Waals surface area (Å²) in [4.78, 5) is 41.5. The lowest BCUT2D eigenvalue weighted by atomic mass is 9.92. The zero-order chi connectivity index (χ0) is 30.2. The number of nitrogens with one attached hydrogen (secondary N) is 1. The lowest BCUT2D eigenvalue weighted by Crippen LogP contribution is -2.52. The molecule has 10 nitrogen and oxygen atoms in total. The van der Waals surface area contributed by atoms with Gasteiger partial charge in [0.1, 0.15) is 28.5 Å². The van der Waals surface area contributed by atoms with Gasteiger partial charge < -0.3 is 33.6 Å². The summed E-state index contributed by atoms with van der Waals surface area (Å²) in [6.07, 6.45) is 0.438. The maximum atomic E-state index is 13.2. The van der Waals surface area contributed by atoms with Crippen molar-refractivity contribution in [2.75, 3.05) is 24.4 Å². The first-order valence-electron chi connectivity index (χ1n) is 13.1. The number of likely N-dealkylation sites (N-methyl/N-ethyl adjacent to an activating group) is 1. The molecule has 1 aliphatic heterocycles. The molecule has 1 aliphatic rings. The minimum Gasteiger partial charge on any atom is -0.496 e. The molecule has 1 N–H and O–H groups in total. The Morgan fingerprint density at radius 2 is 1.79 bits per heavy atom. The summed E-state index contributed by atoms with van der Waals surface area (Å²) in [5, 5.41) is 3.30. The van der Waals surface area contributed by atoms with Gasteiger partial charge in [-0.1, -0.05) is 6.07 Å². The second-order valence-corrected chi connectivity index (χ2v) is 11.6. The van der Waals surface area contributed by atoms with Crippen molar-refractivity contribution in [3.05, 3.63) is 75.7 Å². The average molecular weight is 591 g/mol. The normalized spacial score (nSPS) is 13.7. The molecule has 1 amide bonds. The van der Waals surface area contributed by atoms with Gasteiger partial charge in [-0.25, -0.2) is 9.59 Å². The zero-order valence-corrected chi connectivity index (χ0v) is 24.8. The monoisotopic (exact) mass is 590 g/mol. The second kappa shape index (κ2) is 11.2. The van der Waals surface area contributed by atoms with Crippen LogP contribution < -0.4 is 24.4 Å². The number of aryl methyl sites for hydroxylation is 2. The van der Waals surface area contributed by atoms with Crippen molar-refractivity contribution in [1.29, 1.82) is 0 Å². The Kier molecular flexibility index (Phi) is 7.70. The maximum absolute atomic E-state index is 13.2. The molecule has 0 bridgehead atoms. The summed E-state index contributed by atoms with van der Waals surface area (Å²) in [5.74, 6) is 0.00358. The van der Waals surface area contributed by atoms with Crippen molar-refractivity contribution in [1.82, 2.24) is 0 Å². The maximum Gasteiger partial charge on any atom is 0.521 e. The third-order valence-electron chi connectivity index (χ3n) is 6.85. The van der Waals surface area contributed by atoms with Gasteiger partial charge in [0.15, 0.2) is 0 Å². The number of anilines is 2. The summed E-state index contributed by atoms with van der Waals surface area (Å²) in [6.45, 7) is 7.16. The number of esters is 1. The summed E-state index contributed by atoms with van der Waals surface area (Å²) in [7, 11) is 3.19. The number of ether oxygens (including phenoxy) is 4. The number of benzene rings is 2. The van der Waals surface area contributed by atoms with E-state index in [0.29, 0.717) is 38.6 Å². The van der Waals surface area contributed by atoms with E-state index in [1.165, 1.54) is 24.7 Å². The Morgan fingerprint density at radius 3 is 2.45 bits per heavy atom. The van der Waals surface area contributed by atoms with Gasteiger partial charge in [0.2, 0.25) is 0 Å². The van der Waals surface area contributed by atoms with Crippen LogP contribution in [0.4, 0.5) is 16.2 Å². The van der Waals surface area contributed by atoms with E-state index in [9.17, 15) is 14.4 Å². The van der Waals surface area contributed by atoms with Crippen molar-refractivity contribution < 1.29 is 37.7 Å². The highest BCUT2D eigenvalue weighted by Gasteiger charge is 2.39. The largest absolute Gasteiger partial charge is 0.521 e. The molecule has 2 aromatic carbocycles. The van der Waals surface area contributed by atoms with Crippen LogP contribution in [-0.2, 0) is 16.1 Å². The number of fused-ring (bicyclic) bond motifs is 1. The summed E-state index contributed by atoms with van der Waals surface area (Å²) < 4.78 is 27.1. The van der Waals surface area contributed by atoms with Gasteiger partial charge >= 0.3 is 12.1 Å². The lowest BCUT2D eigenvalue weighted by molar-refractivity contribution is -0.121. The number of hydrogen-bond donors (Lipinski definition) is 1. The summed E-state index contributed by atoms with van der Waals surface area (Å²) in [5.41, 5.74) is 3.04. The van der Waals surface area contributed by atoms with Gasteiger partial charge in [-0.15, -0.1) is 11.3 Å². The zero-order valence-electron chi connectivity index (χ0n) is 24.0. The fraction of sp³-hybridized carbons (Fsp3) is 0.258. The van der Waals surface area contributed by atoms with E-state index in [2.05, 4.69) is 5.32 Å².